The third-order valence-electron chi connectivity index (χ3n) is 2.83. The second-order valence-corrected chi connectivity index (χ2v) is 4.51. The van der Waals surface area contributed by atoms with Crippen LogP contribution in [0.4, 0.5) is 5.82 Å². The normalized spacial score (nSPS) is 18.1. The molecule has 1 aromatic heterocycles. The molecule has 2 heterocycles. The summed E-state index contributed by atoms with van der Waals surface area (Å²) in [5.74, 6) is 1.10. The molecule has 0 aliphatic carbocycles. The molecule has 0 amide bonds. The number of hydrogen-bond acceptors (Lipinski definition) is 4. The molecule has 0 bridgehead atoms. The van der Waals surface area contributed by atoms with Gasteiger partial charge >= 0.3 is 0 Å². The Kier molecular flexibility index (Phi) is 3.74. The average molecular weight is 220 g/mol. The maximum absolute atomic E-state index is 4.39. The zero-order valence-corrected chi connectivity index (χ0v) is 10.1. The van der Waals surface area contributed by atoms with Crippen molar-refractivity contribution in [1.82, 2.24) is 14.8 Å². The minimum absolute atomic E-state index is 1.05. The van der Waals surface area contributed by atoms with Gasteiger partial charge in [-0.3, -0.25) is 9.80 Å². The van der Waals surface area contributed by atoms with Crippen LogP contribution in [-0.2, 0) is 0 Å². The van der Waals surface area contributed by atoms with Crippen molar-refractivity contribution in [3.8, 4) is 0 Å². The number of piperazine rings is 1. The van der Waals surface area contributed by atoms with E-state index < -0.39 is 0 Å². The molecule has 0 unspecified atom stereocenters. The summed E-state index contributed by atoms with van der Waals surface area (Å²) in [5, 5.41) is 0. The summed E-state index contributed by atoms with van der Waals surface area (Å²) in [6.45, 7) is 5.44. The SMILES string of the molecule is CN(C)CN1CCN(c2ccccn2)CC1. The van der Waals surface area contributed by atoms with Crippen molar-refractivity contribution < 1.29 is 0 Å². The van der Waals surface area contributed by atoms with Gasteiger partial charge in [-0.2, -0.15) is 0 Å². The van der Waals surface area contributed by atoms with E-state index in [0.717, 1.165) is 38.7 Å². The number of anilines is 1. The van der Waals surface area contributed by atoms with Gasteiger partial charge in [-0.1, -0.05) is 6.07 Å². The van der Waals surface area contributed by atoms with Crippen molar-refractivity contribution >= 4 is 5.82 Å². The third-order valence-corrected chi connectivity index (χ3v) is 2.83. The Balaban J connectivity index is 1.86. The van der Waals surface area contributed by atoms with Crippen LogP contribution in [0.5, 0.6) is 0 Å². The molecule has 1 saturated heterocycles. The first-order valence-electron chi connectivity index (χ1n) is 5.79. The Bertz CT molecular complexity index is 304. The Morgan fingerprint density at radius 3 is 2.50 bits per heavy atom. The van der Waals surface area contributed by atoms with Gasteiger partial charge < -0.3 is 4.90 Å². The van der Waals surface area contributed by atoms with E-state index in [4.69, 9.17) is 0 Å². The summed E-state index contributed by atoms with van der Waals surface area (Å²) >= 11 is 0. The standard InChI is InChI=1S/C12H20N4/c1-14(2)11-15-7-9-16(10-8-15)12-5-3-4-6-13-12/h3-6H,7-11H2,1-2H3. The maximum atomic E-state index is 4.39. The van der Waals surface area contributed by atoms with Crippen molar-refractivity contribution in [2.24, 2.45) is 0 Å². The third kappa shape index (κ3) is 2.93. The largest absolute Gasteiger partial charge is 0.354 e. The molecule has 0 radical (unpaired) electrons. The fourth-order valence-electron chi connectivity index (χ4n) is 2.06. The first kappa shape index (κ1) is 11.4. The van der Waals surface area contributed by atoms with E-state index in [1.54, 1.807) is 0 Å². The number of hydrogen-bond donors (Lipinski definition) is 0. The van der Waals surface area contributed by atoms with Crippen LogP contribution in [0.25, 0.3) is 0 Å². The van der Waals surface area contributed by atoms with E-state index in [2.05, 4.69) is 45.9 Å². The van der Waals surface area contributed by atoms with Gasteiger partial charge in [0, 0.05) is 32.4 Å². The highest BCUT2D eigenvalue weighted by molar-refractivity contribution is 5.38. The van der Waals surface area contributed by atoms with Crippen LogP contribution in [-0.4, -0.2) is 61.7 Å². The van der Waals surface area contributed by atoms with Gasteiger partial charge in [-0.15, -0.1) is 0 Å². The summed E-state index contributed by atoms with van der Waals surface area (Å²) < 4.78 is 0. The molecule has 88 valence electrons. The van der Waals surface area contributed by atoms with Gasteiger partial charge in [-0.05, 0) is 26.2 Å². The van der Waals surface area contributed by atoms with E-state index in [0.29, 0.717) is 0 Å². The quantitative estimate of drug-likeness (QED) is 0.748. The monoisotopic (exact) mass is 220 g/mol. The molecule has 1 aromatic rings. The lowest BCUT2D eigenvalue weighted by molar-refractivity contribution is 0.167. The molecule has 0 saturated carbocycles. The molecule has 1 aliphatic rings. The topological polar surface area (TPSA) is 22.6 Å². The summed E-state index contributed by atoms with van der Waals surface area (Å²) in [6, 6.07) is 6.10. The van der Waals surface area contributed by atoms with Crippen LogP contribution < -0.4 is 4.90 Å². The van der Waals surface area contributed by atoms with Crippen LogP contribution in [0.15, 0.2) is 24.4 Å². The smallest absolute Gasteiger partial charge is 0.128 e. The Labute approximate surface area is 97.5 Å². The Hall–Kier alpha value is -1.13. The number of pyridine rings is 1. The van der Waals surface area contributed by atoms with Gasteiger partial charge in [-0.25, -0.2) is 4.98 Å². The van der Waals surface area contributed by atoms with E-state index in [9.17, 15) is 0 Å². The predicted octanol–water partition coefficient (Wildman–Crippen LogP) is 0.723. The highest BCUT2D eigenvalue weighted by Gasteiger charge is 2.17. The highest BCUT2D eigenvalue weighted by Crippen LogP contribution is 2.12. The van der Waals surface area contributed by atoms with Gasteiger partial charge in [0.15, 0.2) is 0 Å². The number of rotatable bonds is 3. The molecular weight excluding hydrogens is 200 g/mol. The molecule has 4 heteroatoms. The van der Waals surface area contributed by atoms with E-state index in [1.165, 1.54) is 0 Å². The van der Waals surface area contributed by atoms with Crippen molar-refractivity contribution in [3.05, 3.63) is 24.4 Å². The fourth-order valence-corrected chi connectivity index (χ4v) is 2.06. The summed E-state index contributed by atoms with van der Waals surface area (Å²) in [5.41, 5.74) is 0. The minimum Gasteiger partial charge on any atom is -0.354 e. The molecule has 16 heavy (non-hydrogen) atoms. The zero-order valence-electron chi connectivity index (χ0n) is 10.1. The first-order valence-corrected chi connectivity index (χ1v) is 5.79. The number of aromatic nitrogens is 1. The molecule has 1 aliphatic heterocycles. The zero-order chi connectivity index (χ0) is 11.4. The van der Waals surface area contributed by atoms with Crippen LogP contribution in [0.1, 0.15) is 0 Å². The van der Waals surface area contributed by atoms with Gasteiger partial charge in [0.05, 0.1) is 6.67 Å². The Morgan fingerprint density at radius 2 is 1.94 bits per heavy atom. The fraction of sp³-hybridized carbons (Fsp3) is 0.583. The van der Waals surface area contributed by atoms with Crippen LogP contribution in [0.3, 0.4) is 0 Å². The lowest BCUT2D eigenvalue weighted by Gasteiger charge is -2.36. The van der Waals surface area contributed by atoms with Gasteiger partial charge in [0.2, 0.25) is 0 Å². The Morgan fingerprint density at radius 1 is 1.19 bits per heavy atom. The van der Waals surface area contributed by atoms with E-state index in [-0.39, 0.29) is 0 Å². The molecule has 1 fully saturated rings. The van der Waals surface area contributed by atoms with Crippen LogP contribution >= 0.6 is 0 Å². The minimum atomic E-state index is 1.05. The van der Waals surface area contributed by atoms with Crippen molar-refractivity contribution in [2.75, 3.05) is 51.8 Å². The molecular formula is C12H20N4. The predicted molar refractivity (Wildman–Crippen MR) is 66.6 cm³/mol. The summed E-state index contributed by atoms with van der Waals surface area (Å²) in [6.07, 6.45) is 1.86. The summed E-state index contributed by atoms with van der Waals surface area (Å²) in [4.78, 5) is 11.4. The van der Waals surface area contributed by atoms with Crippen molar-refractivity contribution in [3.63, 3.8) is 0 Å². The maximum Gasteiger partial charge on any atom is 0.128 e. The van der Waals surface area contributed by atoms with Crippen molar-refractivity contribution in [2.45, 2.75) is 0 Å². The lowest BCUT2D eigenvalue weighted by Crippen LogP contribution is -2.49. The van der Waals surface area contributed by atoms with Gasteiger partial charge in [0.25, 0.3) is 0 Å². The summed E-state index contributed by atoms with van der Waals surface area (Å²) in [7, 11) is 4.23. The van der Waals surface area contributed by atoms with E-state index >= 15 is 0 Å². The second-order valence-electron chi connectivity index (χ2n) is 4.51. The molecule has 0 aromatic carbocycles. The average Bonchev–Trinajstić information content (AvgIpc) is 2.30. The molecule has 0 N–H and O–H groups in total. The molecule has 0 atom stereocenters. The van der Waals surface area contributed by atoms with Crippen LogP contribution in [0.2, 0.25) is 0 Å². The van der Waals surface area contributed by atoms with Crippen molar-refractivity contribution in [1.29, 1.82) is 0 Å². The molecule has 4 nitrogen and oxygen atoms in total. The second kappa shape index (κ2) is 5.27. The lowest BCUT2D eigenvalue weighted by atomic mass is 10.3. The molecule has 2 rings (SSSR count). The highest BCUT2D eigenvalue weighted by atomic mass is 15.3. The number of nitrogens with zero attached hydrogens (tertiary/aromatic N) is 4. The first-order chi connectivity index (χ1) is 7.75. The van der Waals surface area contributed by atoms with E-state index in [1.807, 2.05) is 12.3 Å². The van der Waals surface area contributed by atoms with Gasteiger partial charge in [0.1, 0.15) is 5.82 Å². The van der Waals surface area contributed by atoms with Crippen LogP contribution in [0, 0.1) is 0 Å². The molecule has 0 spiro atoms.